The summed E-state index contributed by atoms with van der Waals surface area (Å²) >= 11 is 0. The molecule has 1 saturated heterocycles. The summed E-state index contributed by atoms with van der Waals surface area (Å²) < 4.78 is 5.26. The zero-order chi connectivity index (χ0) is 18.8. The number of aromatic hydroxyl groups is 1. The van der Waals surface area contributed by atoms with Gasteiger partial charge in [-0.05, 0) is 60.7 Å². The van der Waals surface area contributed by atoms with E-state index in [1.165, 1.54) is 30.7 Å². The molecular weight excluding hydrogens is 340 g/mol. The third-order valence-electron chi connectivity index (χ3n) is 5.23. The highest BCUT2D eigenvalue weighted by Gasteiger charge is 2.12. The van der Waals surface area contributed by atoms with Crippen molar-refractivity contribution in [2.24, 2.45) is 0 Å². The van der Waals surface area contributed by atoms with Crippen LogP contribution in [0.4, 0.5) is 11.4 Å². The lowest BCUT2D eigenvalue weighted by molar-refractivity contribution is 0.466. The molecule has 1 aliphatic rings. The number of nitrogens with one attached hydrogen (secondary N) is 1. The van der Waals surface area contributed by atoms with Crippen LogP contribution < -0.4 is 15.8 Å². The molecule has 2 N–H and O–H groups in total. The number of phenols is 1. The summed E-state index contributed by atoms with van der Waals surface area (Å²) in [7, 11) is 0. The fourth-order valence-electron chi connectivity index (χ4n) is 3.70. The lowest BCUT2D eigenvalue weighted by atomic mass is 10.0. The quantitative estimate of drug-likeness (QED) is 0.662. The maximum atomic E-state index is 11.9. The van der Waals surface area contributed by atoms with Gasteiger partial charge in [0.05, 0.1) is 0 Å². The van der Waals surface area contributed by atoms with Crippen LogP contribution in [0.3, 0.4) is 0 Å². The zero-order valence-corrected chi connectivity index (χ0v) is 15.5. The van der Waals surface area contributed by atoms with Gasteiger partial charge in [0.1, 0.15) is 11.3 Å². The van der Waals surface area contributed by atoms with Crippen molar-refractivity contribution in [3.8, 4) is 5.75 Å². The Kier molecular flexibility index (Phi) is 4.75. The molecule has 5 heteroatoms. The molecule has 0 spiro atoms. The number of hydrogen-bond donors (Lipinski definition) is 2. The number of nitrogens with zero attached hydrogens (tertiary/aromatic N) is 1. The van der Waals surface area contributed by atoms with Crippen molar-refractivity contribution in [2.75, 3.05) is 23.3 Å². The summed E-state index contributed by atoms with van der Waals surface area (Å²) in [5.74, 6) is 0.163. The molecule has 2 heterocycles. The molecule has 1 aromatic heterocycles. The van der Waals surface area contributed by atoms with Gasteiger partial charge in [-0.1, -0.05) is 6.92 Å². The van der Waals surface area contributed by atoms with Gasteiger partial charge in [0.2, 0.25) is 0 Å². The number of rotatable bonds is 5. The van der Waals surface area contributed by atoms with E-state index >= 15 is 0 Å². The Hall–Kier alpha value is -2.95. The van der Waals surface area contributed by atoms with Gasteiger partial charge in [0, 0.05) is 48.5 Å². The Labute approximate surface area is 158 Å². The van der Waals surface area contributed by atoms with Gasteiger partial charge >= 0.3 is 5.63 Å². The highest BCUT2D eigenvalue weighted by atomic mass is 16.4. The normalized spacial score (nSPS) is 14.0. The minimum absolute atomic E-state index is 0.163. The molecule has 0 radical (unpaired) electrons. The first-order valence-electron chi connectivity index (χ1n) is 9.51. The number of phenolic OH excluding ortho intramolecular Hbond substituents is 1. The Morgan fingerprint density at radius 1 is 1.07 bits per heavy atom. The highest BCUT2D eigenvalue weighted by Crippen LogP contribution is 2.28. The van der Waals surface area contributed by atoms with Crippen molar-refractivity contribution in [1.29, 1.82) is 0 Å². The molecule has 0 atom stereocenters. The molecule has 140 valence electrons. The monoisotopic (exact) mass is 364 g/mol. The van der Waals surface area contributed by atoms with Crippen molar-refractivity contribution in [3.05, 3.63) is 64.0 Å². The second-order valence-electron chi connectivity index (χ2n) is 7.02. The van der Waals surface area contributed by atoms with Gasteiger partial charge in [0.15, 0.2) is 0 Å². The topological polar surface area (TPSA) is 65.7 Å². The molecule has 0 aliphatic carbocycles. The van der Waals surface area contributed by atoms with E-state index in [9.17, 15) is 9.90 Å². The van der Waals surface area contributed by atoms with Gasteiger partial charge in [-0.15, -0.1) is 0 Å². The summed E-state index contributed by atoms with van der Waals surface area (Å²) in [6, 6.07) is 13.4. The Bertz CT molecular complexity index is 1000. The zero-order valence-electron chi connectivity index (χ0n) is 15.5. The molecule has 0 unspecified atom stereocenters. The second kappa shape index (κ2) is 7.35. The number of fused-ring (bicyclic) bond motifs is 1. The Balaban J connectivity index is 1.57. The number of anilines is 2. The summed E-state index contributed by atoms with van der Waals surface area (Å²) in [4.78, 5) is 14.3. The summed E-state index contributed by atoms with van der Waals surface area (Å²) in [6.07, 6.45) is 3.24. The van der Waals surface area contributed by atoms with Crippen LogP contribution in [0.5, 0.6) is 5.75 Å². The minimum atomic E-state index is -0.410. The predicted octanol–water partition coefficient (Wildman–Crippen LogP) is 4.27. The molecule has 0 amide bonds. The lowest BCUT2D eigenvalue weighted by Gasteiger charge is -2.18. The maximum Gasteiger partial charge on any atom is 0.336 e. The van der Waals surface area contributed by atoms with Crippen molar-refractivity contribution in [2.45, 2.75) is 32.7 Å². The first-order valence-corrected chi connectivity index (χ1v) is 9.51. The molecule has 0 bridgehead atoms. The van der Waals surface area contributed by atoms with Crippen LogP contribution in [0, 0.1) is 0 Å². The van der Waals surface area contributed by atoms with Crippen LogP contribution in [-0.4, -0.2) is 18.2 Å². The molecule has 27 heavy (non-hydrogen) atoms. The summed E-state index contributed by atoms with van der Waals surface area (Å²) in [5.41, 5.74) is 3.97. The molecule has 1 aliphatic heterocycles. The molecule has 1 fully saturated rings. The fraction of sp³-hybridized carbons (Fsp3) is 0.318. The van der Waals surface area contributed by atoms with Crippen molar-refractivity contribution < 1.29 is 9.52 Å². The summed E-state index contributed by atoms with van der Waals surface area (Å²) in [5, 5.41) is 14.3. The average Bonchev–Trinajstić information content (AvgIpc) is 3.20. The molecular formula is C22H24N2O3. The van der Waals surface area contributed by atoms with Crippen LogP contribution in [0.1, 0.15) is 30.9 Å². The van der Waals surface area contributed by atoms with Crippen molar-refractivity contribution in [1.82, 2.24) is 0 Å². The third-order valence-corrected chi connectivity index (χ3v) is 5.23. The Morgan fingerprint density at radius 3 is 2.52 bits per heavy atom. The van der Waals surface area contributed by atoms with Crippen LogP contribution in [-0.2, 0) is 13.0 Å². The van der Waals surface area contributed by atoms with Gasteiger partial charge in [-0.25, -0.2) is 4.79 Å². The highest BCUT2D eigenvalue weighted by molar-refractivity contribution is 5.83. The third kappa shape index (κ3) is 3.63. The van der Waals surface area contributed by atoms with Gasteiger partial charge in [-0.2, -0.15) is 0 Å². The van der Waals surface area contributed by atoms with E-state index < -0.39 is 5.63 Å². The standard InChI is InChI=1S/C22H24N2O3/c1-2-15-11-19-16(12-22(26)27-21(19)13-20(15)25)14-23-17-5-7-18(8-6-17)24-9-3-4-10-24/h5-8,11-13,23,25H,2-4,9-10,14H2,1H3. The SMILES string of the molecule is CCc1cc2c(CNc3ccc(N4CCCC4)cc3)cc(=O)oc2cc1O. The number of hydrogen-bond acceptors (Lipinski definition) is 5. The van der Waals surface area contributed by atoms with Gasteiger partial charge in [0.25, 0.3) is 0 Å². The minimum Gasteiger partial charge on any atom is -0.508 e. The number of aryl methyl sites for hydroxylation is 1. The first-order chi connectivity index (χ1) is 13.1. The van der Waals surface area contributed by atoms with Crippen LogP contribution >= 0.6 is 0 Å². The van der Waals surface area contributed by atoms with Crippen molar-refractivity contribution >= 4 is 22.3 Å². The van der Waals surface area contributed by atoms with Crippen molar-refractivity contribution in [3.63, 3.8) is 0 Å². The second-order valence-corrected chi connectivity index (χ2v) is 7.02. The molecule has 4 rings (SSSR count). The predicted molar refractivity (Wildman–Crippen MR) is 109 cm³/mol. The first kappa shape index (κ1) is 17.5. The molecule has 5 nitrogen and oxygen atoms in total. The molecule has 2 aromatic carbocycles. The van der Waals surface area contributed by atoms with Gasteiger partial charge < -0.3 is 19.7 Å². The Morgan fingerprint density at radius 2 is 1.81 bits per heavy atom. The maximum absolute atomic E-state index is 11.9. The van der Waals surface area contributed by atoms with E-state index in [-0.39, 0.29) is 5.75 Å². The molecule has 0 saturated carbocycles. The molecule has 3 aromatic rings. The van der Waals surface area contributed by atoms with E-state index in [1.54, 1.807) is 0 Å². The van der Waals surface area contributed by atoms with E-state index in [0.29, 0.717) is 18.5 Å². The van der Waals surface area contributed by atoms with E-state index in [1.807, 2.05) is 13.0 Å². The smallest absolute Gasteiger partial charge is 0.336 e. The average molecular weight is 364 g/mol. The van der Waals surface area contributed by atoms with Crippen LogP contribution in [0.25, 0.3) is 11.0 Å². The largest absolute Gasteiger partial charge is 0.508 e. The van der Waals surface area contributed by atoms with E-state index in [4.69, 9.17) is 4.42 Å². The lowest BCUT2D eigenvalue weighted by Crippen LogP contribution is -2.17. The summed E-state index contributed by atoms with van der Waals surface area (Å²) in [6.45, 7) is 4.76. The fourth-order valence-corrected chi connectivity index (χ4v) is 3.70. The van der Waals surface area contributed by atoms with Crippen LogP contribution in [0.15, 0.2) is 51.7 Å². The van der Waals surface area contributed by atoms with E-state index in [0.717, 1.165) is 35.3 Å². The van der Waals surface area contributed by atoms with E-state index in [2.05, 4.69) is 34.5 Å². The van der Waals surface area contributed by atoms with Gasteiger partial charge in [-0.3, -0.25) is 0 Å². The number of benzene rings is 2. The van der Waals surface area contributed by atoms with Crippen LogP contribution in [0.2, 0.25) is 0 Å².